The monoisotopic (exact) mass is 468 g/mol. The van der Waals surface area contributed by atoms with E-state index in [1.54, 1.807) is 12.5 Å². The average Bonchev–Trinajstić information content (AvgIpc) is 2.72. The highest BCUT2D eigenvalue weighted by atomic mass is 16.5. The lowest BCUT2D eigenvalue weighted by Crippen LogP contribution is -2.66. The third-order valence-electron chi connectivity index (χ3n) is 13.6. The number of allylic oxidation sites excluding steroid dienone is 1. The van der Waals surface area contributed by atoms with E-state index in [9.17, 15) is 4.79 Å². The summed E-state index contributed by atoms with van der Waals surface area (Å²) in [6.45, 7) is 24.2. The van der Waals surface area contributed by atoms with E-state index >= 15 is 0 Å². The third kappa shape index (κ3) is 3.21. The molecule has 0 aromatic carbocycles. The minimum Gasteiger partial charge on any atom is -0.462 e. The molecule has 0 radical (unpaired) electrons. The number of carbonyl (C=O) groups excluding carboxylic acids is 1. The first-order chi connectivity index (χ1) is 15.7. The second-order valence-electron chi connectivity index (χ2n) is 15.5. The van der Waals surface area contributed by atoms with Crippen LogP contribution in [0.1, 0.15) is 120 Å². The molecule has 0 amide bonds. The maximum Gasteiger partial charge on any atom is 0.302 e. The molecule has 192 valence electrons. The molecule has 0 heterocycles. The van der Waals surface area contributed by atoms with Crippen molar-refractivity contribution < 1.29 is 9.53 Å². The molecule has 0 bridgehead atoms. The summed E-state index contributed by atoms with van der Waals surface area (Å²) in [5.74, 6) is 3.72. The van der Waals surface area contributed by atoms with Crippen LogP contribution in [0.5, 0.6) is 0 Å². The summed E-state index contributed by atoms with van der Waals surface area (Å²) >= 11 is 0. The second kappa shape index (κ2) is 7.61. The minimum absolute atomic E-state index is 0.0527. The van der Waals surface area contributed by atoms with Gasteiger partial charge in [0.1, 0.15) is 6.10 Å². The van der Waals surface area contributed by atoms with Crippen molar-refractivity contribution in [1.82, 2.24) is 0 Å². The molecule has 9 atom stereocenters. The zero-order valence-electron chi connectivity index (χ0n) is 23.6. The number of hydrogen-bond donors (Lipinski definition) is 0. The third-order valence-corrected chi connectivity index (χ3v) is 13.6. The van der Waals surface area contributed by atoms with Crippen molar-refractivity contribution in [2.75, 3.05) is 0 Å². The molecular weight excluding hydrogens is 416 g/mol. The molecule has 9 unspecified atom stereocenters. The summed E-state index contributed by atoms with van der Waals surface area (Å²) in [4.78, 5) is 11.9. The van der Waals surface area contributed by atoms with Gasteiger partial charge in [-0.1, -0.05) is 60.6 Å². The molecule has 5 fully saturated rings. The van der Waals surface area contributed by atoms with Crippen LogP contribution in [0.3, 0.4) is 0 Å². The Hall–Kier alpha value is -0.790. The van der Waals surface area contributed by atoms with Gasteiger partial charge in [0.25, 0.3) is 0 Å². The van der Waals surface area contributed by atoms with Crippen LogP contribution in [0.4, 0.5) is 0 Å². The van der Waals surface area contributed by atoms with Gasteiger partial charge in [0.05, 0.1) is 0 Å². The molecule has 2 nitrogen and oxygen atoms in total. The smallest absolute Gasteiger partial charge is 0.302 e. The molecule has 0 aromatic heterocycles. The fourth-order valence-corrected chi connectivity index (χ4v) is 11.4. The summed E-state index contributed by atoms with van der Waals surface area (Å²) in [5.41, 5.74) is 3.25. The van der Waals surface area contributed by atoms with Crippen molar-refractivity contribution in [2.45, 2.75) is 126 Å². The van der Waals surface area contributed by atoms with E-state index in [1.807, 2.05) is 0 Å². The van der Waals surface area contributed by atoms with Crippen LogP contribution in [0.2, 0.25) is 0 Å². The lowest BCUT2D eigenvalue weighted by molar-refractivity contribution is -0.243. The highest BCUT2D eigenvalue weighted by Gasteiger charge is 2.68. The SMILES string of the molecule is C=C1CCC(C)(C)C2CC3CCC4C5(C)CCC(OC(C)=O)C(C)(C)C5CCC4(C)C3(C)CC12. The molecule has 5 aliphatic carbocycles. The quantitative estimate of drug-likeness (QED) is 0.284. The van der Waals surface area contributed by atoms with Gasteiger partial charge in [-0.05, 0) is 115 Å². The van der Waals surface area contributed by atoms with Crippen molar-refractivity contribution in [3.63, 3.8) is 0 Å². The molecule has 5 aliphatic rings. The molecule has 0 saturated heterocycles. The van der Waals surface area contributed by atoms with Gasteiger partial charge >= 0.3 is 5.97 Å². The van der Waals surface area contributed by atoms with E-state index in [-0.39, 0.29) is 17.5 Å². The zero-order chi connectivity index (χ0) is 24.9. The van der Waals surface area contributed by atoms with Gasteiger partial charge in [-0.2, -0.15) is 0 Å². The topological polar surface area (TPSA) is 26.3 Å². The van der Waals surface area contributed by atoms with E-state index in [2.05, 4.69) is 55.0 Å². The largest absolute Gasteiger partial charge is 0.462 e. The maximum atomic E-state index is 11.9. The van der Waals surface area contributed by atoms with Crippen molar-refractivity contribution in [3.8, 4) is 0 Å². The molecule has 0 aromatic rings. The first-order valence-electron chi connectivity index (χ1n) is 14.5. The van der Waals surface area contributed by atoms with E-state index in [1.165, 1.54) is 57.8 Å². The predicted molar refractivity (Wildman–Crippen MR) is 140 cm³/mol. The van der Waals surface area contributed by atoms with Crippen LogP contribution in [0, 0.1) is 56.7 Å². The molecule has 5 saturated carbocycles. The number of hydrogen-bond acceptors (Lipinski definition) is 2. The number of fused-ring (bicyclic) bond motifs is 6. The number of carbonyl (C=O) groups is 1. The Balaban J connectivity index is 1.48. The summed E-state index contributed by atoms with van der Waals surface area (Å²) in [6.07, 6.45) is 13.1. The molecule has 34 heavy (non-hydrogen) atoms. The van der Waals surface area contributed by atoms with E-state index < -0.39 is 0 Å². The van der Waals surface area contributed by atoms with E-state index in [4.69, 9.17) is 4.74 Å². The van der Waals surface area contributed by atoms with Crippen LogP contribution in [-0.2, 0) is 9.53 Å². The molecule has 0 N–H and O–H groups in total. The van der Waals surface area contributed by atoms with Gasteiger partial charge in [0.2, 0.25) is 0 Å². The van der Waals surface area contributed by atoms with Gasteiger partial charge in [0.15, 0.2) is 0 Å². The summed E-state index contributed by atoms with van der Waals surface area (Å²) in [6, 6.07) is 0. The van der Waals surface area contributed by atoms with Crippen molar-refractivity contribution in [2.24, 2.45) is 56.7 Å². The number of rotatable bonds is 1. The Morgan fingerprint density at radius 3 is 2.26 bits per heavy atom. The Kier molecular flexibility index (Phi) is 5.57. The highest BCUT2D eigenvalue weighted by Crippen LogP contribution is 2.75. The van der Waals surface area contributed by atoms with Gasteiger partial charge in [0, 0.05) is 12.3 Å². The first kappa shape index (κ1) is 24.9. The summed E-state index contributed by atoms with van der Waals surface area (Å²) in [7, 11) is 0. The second-order valence-corrected chi connectivity index (χ2v) is 15.5. The molecule has 2 heteroatoms. The lowest BCUT2D eigenvalue weighted by atomic mass is 9.32. The normalized spacial score (nSPS) is 51.4. The van der Waals surface area contributed by atoms with Crippen molar-refractivity contribution in [3.05, 3.63) is 12.2 Å². The molecule has 5 rings (SSSR count). The predicted octanol–water partition coefficient (Wildman–Crippen LogP) is 8.60. The van der Waals surface area contributed by atoms with Crippen LogP contribution in [0.25, 0.3) is 0 Å². The Morgan fingerprint density at radius 1 is 0.882 bits per heavy atom. The van der Waals surface area contributed by atoms with Crippen molar-refractivity contribution >= 4 is 5.97 Å². The Morgan fingerprint density at radius 2 is 1.59 bits per heavy atom. The van der Waals surface area contributed by atoms with Crippen LogP contribution >= 0.6 is 0 Å². The lowest BCUT2D eigenvalue weighted by Gasteiger charge is -2.72. The fraction of sp³-hybridized carbons (Fsp3) is 0.906. The Labute approximate surface area is 210 Å². The van der Waals surface area contributed by atoms with Crippen molar-refractivity contribution in [1.29, 1.82) is 0 Å². The average molecular weight is 469 g/mol. The minimum atomic E-state index is -0.109. The van der Waals surface area contributed by atoms with Gasteiger partial charge in [-0.15, -0.1) is 0 Å². The standard InChI is InChI=1S/C32H52O2/c1-20-12-15-28(3,4)24-18-22-10-11-26-30(7)16-14-27(34-21(2)33)29(5,6)25(30)13-17-31(26,8)32(22,9)19-23(20)24/h22-27H,1,10-19H2,2-9H3. The number of ether oxygens (including phenoxy) is 1. The van der Waals surface area contributed by atoms with Crippen LogP contribution in [-0.4, -0.2) is 12.1 Å². The van der Waals surface area contributed by atoms with E-state index in [0.717, 1.165) is 30.1 Å². The molecule has 0 spiro atoms. The zero-order valence-corrected chi connectivity index (χ0v) is 23.6. The Bertz CT molecular complexity index is 868. The number of esters is 1. The fourth-order valence-electron chi connectivity index (χ4n) is 11.4. The van der Waals surface area contributed by atoms with Gasteiger partial charge in [-0.25, -0.2) is 0 Å². The molecule has 0 aliphatic heterocycles. The van der Waals surface area contributed by atoms with Crippen LogP contribution in [0.15, 0.2) is 12.2 Å². The van der Waals surface area contributed by atoms with Gasteiger partial charge in [-0.3, -0.25) is 4.79 Å². The maximum absolute atomic E-state index is 11.9. The van der Waals surface area contributed by atoms with Crippen LogP contribution < -0.4 is 0 Å². The summed E-state index contributed by atoms with van der Waals surface area (Å²) in [5, 5.41) is 0. The molecular formula is C32H52O2. The van der Waals surface area contributed by atoms with Gasteiger partial charge < -0.3 is 4.74 Å². The first-order valence-corrected chi connectivity index (χ1v) is 14.5. The van der Waals surface area contributed by atoms with E-state index in [0.29, 0.717) is 27.6 Å². The highest BCUT2D eigenvalue weighted by molar-refractivity contribution is 5.66. The summed E-state index contributed by atoms with van der Waals surface area (Å²) < 4.78 is 5.91.